The van der Waals surface area contributed by atoms with Gasteiger partial charge in [0, 0.05) is 16.7 Å². The Morgan fingerprint density at radius 1 is 0.950 bits per heavy atom. The number of rotatable bonds is 5. The molecular formula is C18H23NS. The van der Waals surface area contributed by atoms with E-state index in [-0.39, 0.29) is 0 Å². The molecule has 0 saturated heterocycles. The van der Waals surface area contributed by atoms with Crippen molar-refractivity contribution in [2.24, 2.45) is 0 Å². The van der Waals surface area contributed by atoms with Gasteiger partial charge in [0.15, 0.2) is 0 Å². The van der Waals surface area contributed by atoms with Gasteiger partial charge in [-0.15, -0.1) is 11.8 Å². The van der Waals surface area contributed by atoms with Crippen molar-refractivity contribution in [3.8, 4) is 0 Å². The molecule has 0 heterocycles. The first-order chi connectivity index (χ1) is 9.60. The molecule has 0 fully saturated rings. The highest BCUT2D eigenvalue weighted by Gasteiger charge is 2.10. The minimum Gasteiger partial charge on any atom is -0.312 e. The Morgan fingerprint density at radius 3 is 2.20 bits per heavy atom. The molecule has 106 valence electrons. The summed E-state index contributed by atoms with van der Waals surface area (Å²) in [5.41, 5.74) is 5.37. The second-order valence-electron chi connectivity index (χ2n) is 5.33. The summed E-state index contributed by atoms with van der Waals surface area (Å²) in [4.78, 5) is 1.38. The van der Waals surface area contributed by atoms with Gasteiger partial charge in [-0.2, -0.15) is 0 Å². The van der Waals surface area contributed by atoms with Crippen LogP contribution in [0.15, 0.2) is 47.4 Å². The maximum Gasteiger partial charge on any atom is 0.0412 e. The van der Waals surface area contributed by atoms with Gasteiger partial charge < -0.3 is 5.32 Å². The van der Waals surface area contributed by atoms with Gasteiger partial charge in [0.2, 0.25) is 0 Å². The summed E-state index contributed by atoms with van der Waals surface area (Å²) in [5, 5.41) is 3.42. The first-order valence-corrected chi connectivity index (χ1v) is 8.02. The first kappa shape index (κ1) is 15.1. The first-order valence-electron chi connectivity index (χ1n) is 7.04. The van der Waals surface area contributed by atoms with Gasteiger partial charge in [0.05, 0.1) is 0 Å². The van der Waals surface area contributed by atoms with Crippen LogP contribution >= 0.6 is 11.8 Å². The Balaban J connectivity index is 2.05. The van der Waals surface area contributed by atoms with E-state index in [1.165, 1.54) is 27.1 Å². The molecule has 0 spiro atoms. The Morgan fingerprint density at radius 2 is 1.60 bits per heavy atom. The molecule has 1 nitrogen and oxygen atoms in total. The van der Waals surface area contributed by atoms with E-state index in [1.54, 1.807) is 0 Å². The topological polar surface area (TPSA) is 12.0 Å². The van der Waals surface area contributed by atoms with Crippen LogP contribution in [0.3, 0.4) is 0 Å². The monoisotopic (exact) mass is 285 g/mol. The Labute approximate surface area is 126 Å². The van der Waals surface area contributed by atoms with Gasteiger partial charge in [0.25, 0.3) is 0 Å². The van der Waals surface area contributed by atoms with Gasteiger partial charge in [-0.05, 0) is 45.0 Å². The van der Waals surface area contributed by atoms with Gasteiger partial charge in [-0.25, -0.2) is 0 Å². The standard InChI is InChI=1S/C18H23NS/c1-13-5-8-16(9-6-13)17(19-4)12-20-18-10-7-14(2)11-15(18)3/h5-11,17,19H,12H2,1-4H3. The third kappa shape index (κ3) is 3.87. The smallest absolute Gasteiger partial charge is 0.0412 e. The molecule has 0 aromatic heterocycles. The molecule has 2 aromatic rings. The molecule has 20 heavy (non-hydrogen) atoms. The zero-order valence-corrected chi connectivity index (χ0v) is 13.6. The molecule has 0 aliphatic carbocycles. The second-order valence-corrected chi connectivity index (χ2v) is 6.39. The van der Waals surface area contributed by atoms with E-state index in [2.05, 4.69) is 68.6 Å². The van der Waals surface area contributed by atoms with Crippen molar-refractivity contribution in [2.75, 3.05) is 12.8 Å². The molecule has 1 atom stereocenters. The zero-order chi connectivity index (χ0) is 14.5. The lowest BCUT2D eigenvalue weighted by Gasteiger charge is -2.17. The summed E-state index contributed by atoms with van der Waals surface area (Å²) < 4.78 is 0. The summed E-state index contributed by atoms with van der Waals surface area (Å²) >= 11 is 1.92. The second kappa shape index (κ2) is 6.96. The van der Waals surface area contributed by atoms with Crippen LogP contribution in [0.4, 0.5) is 0 Å². The van der Waals surface area contributed by atoms with Crippen molar-refractivity contribution in [3.63, 3.8) is 0 Å². The van der Waals surface area contributed by atoms with Crippen molar-refractivity contribution < 1.29 is 0 Å². The average molecular weight is 285 g/mol. The normalized spacial score (nSPS) is 12.4. The molecule has 0 aliphatic rings. The van der Waals surface area contributed by atoms with Gasteiger partial charge in [0.1, 0.15) is 0 Å². The summed E-state index contributed by atoms with van der Waals surface area (Å²) in [7, 11) is 2.03. The Bertz CT molecular complexity index is 560. The highest BCUT2D eigenvalue weighted by Crippen LogP contribution is 2.27. The fourth-order valence-electron chi connectivity index (χ4n) is 2.28. The Hall–Kier alpha value is -1.25. The Kier molecular flexibility index (Phi) is 5.27. The number of thioether (sulfide) groups is 1. The van der Waals surface area contributed by atoms with E-state index in [0.29, 0.717) is 6.04 Å². The summed E-state index contributed by atoms with van der Waals surface area (Å²) in [6.45, 7) is 6.46. The van der Waals surface area contributed by atoms with Crippen LogP contribution in [0.2, 0.25) is 0 Å². The molecule has 2 rings (SSSR count). The maximum absolute atomic E-state index is 3.42. The van der Waals surface area contributed by atoms with Crippen LogP contribution in [0.1, 0.15) is 28.3 Å². The van der Waals surface area contributed by atoms with Crippen LogP contribution in [0.5, 0.6) is 0 Å². The quantitative estimate of drug-likeness (QED) is 0.802. The molecule has 2 heteroatoms. The van der Waals surface area contributed by atoms with Crippen LogP contribution in [-0.2, 0) is 0 Å². The number of benzene rings is 2. The van der Waals surface area contributed by atoms with Crippen molar-refractivity contribution >= 4 is 11.8 Å². The van der Waals surface area contributed by atoms with E-state index in [9.17, 15) is 0 Å². The number of hydrogen-bond donors (Lipinski definition) is 1. The molecule has 0 radical (unpaired) electrons. The van der Waals surface area contributed by atoms with E-state index in [4.69, 9.17) is 0 Å². The van der Waals surface area contributed by atoms with Crippen molar-refractivity contribution in [2.45, 2.75) is 31.7 Å². The lowest BCUT2D eigenvalue weighted by molar-refractivity contribution is 0.661. The summed E-state index contributed by atoms with van der Waals surface area (Å²) in [6.07, 6.45) is 0. The highest BCUT2D eigenvalue weighted by atomic mass is 32.2. The SMILES string of the molecule is CNC(CSc1ccc(C)cc1C)c1ccc(C)cc1. The van der Waals surface area contributed by atoms with Crippen molar-refractivity contribution in [1.29, 1.82) is 0 Å². The van der Waals surface area contributed by atoms with Crippen LogP contribution < -0.4 is 5.32 Å². The van der Waals surface area contributed by atoms with E-state index < -0.39 is 0 Å². The predicted octanol–water partition coefficient (Wildman–Crippen LogP) is 4.66. The van der Waals surface area contributed by atoms with Crippen molar-refractivity contribution in [1.82, 2.24) is 5.32 Å². The fourth-order valence-corrected chi connectivity index (χ4v) is 3.44. The van der Waals surface area contributed by atoms with E-state index >= 15 is 0 Å². The summed E-state index contributed by atoms with van der Waals surface area (Å²) in [5.74, 6) is 1.05. The molecule has 0 saturated carbocycles. The lowest BCUT2D eigenvalue weighted by atomic mass is 10.1. The largest absolute Gasteiger partial charge is 0.312 e. The number of hydrogen-bond acceptors (Lipinski definition) is 2. The predicted molar refractivity (Wildman–Crippen MR) is 89.6 cm³/mol. The van der Waals surface area contributed by atoms with Gasteiger partial charge in [-0.1, -0.05) is 47.5 Å². The molecular weight excluding hydrogens is 262 g/mol. The minimum absolute atomic E-state index is 0.390. The third-order valence-corrected chi connectivity index (χ3v) is 4.83. The number of nitrogens with one attached hydrogen (secondary N) is 1. The lowest BCUT2D eigenvalue weighted by Crippen LogP contribution is -2.18. The third-order valence-electron chi connectivity index (χ3n) is 3.56. The highest BCUT2D eigenvalue weighted by molar-refractivity contribution is 7.99. The minimum atomic E-state index is 0.390. The molecule has 2 aromatic carbocycles. The molecule has 1 unspecified atom stereocenters. The van der Waals surface area contributed by atoms with E-state index in [0.717, 1.165) is 5.75 Å². The van der Waals surface area contributed by atoms with E-state index in [1.807, 2.05) is 18.8 Å². The molecule has 0 bridgehead atoms. The molecule has 0 amide bonds. The summed E-state index contributed by atoms with van der Waals surface area (Å²) in [6, 6.07) is 15.9. The fraction of sp³-hybridized carbons (Fsp3) is 0.333. The van der Waals surface area contributed by atoms with Crippen LogP contribution in [-0.4, -0.2) is 12.8 Å². The van der Waals surface area contributed by atoms with Gasteiger partial charge in [-0.3, -0.25) is 0 Å². The number of aryl methyl sites for hydroxylation is 3. The molecule has 1 N–H and O–H groups in total. The maximum atomic E-state index is 3.42. The van der Waals surface area contributed by atoms with Gasteiger partial charge >= 0.3 is 0 Å². The van der Waals surface area contributed by atoms with Crippen molar-refractivity contribution in [3.05, 3.63) is 64.7 Å². The average Bonchev–Trinajstić information content (AvgIpc) is 2.43. The molecule has 0 aliphatic heterocycles. The van der Waals surface area contributed by atoms with Crippen LogP contribution in [0, 0.1) is 20.8 Å². The zero-order valence-electron chi connectivity index (χ0n) is 12.7. The van der Waals surface area contributed by atoms with Crippen LogP contribution in [0.25, 0.3) is 0 Å².